The number of carbonyl (C=O) groups is 1. The minimum atomic E-state index is -1.12. The summed E-state index contributed by atoms with van der Waals surface area (Å²) in [5.74, 6) is -0.312. The van der Waals surface area contributed by atoms with Crippen LogP contribution in [-0.2, 0) is 14.3 Å². The number of ketones is 1. The van der Waals surface area contributed by atoms with Crippen LogP contribution in [0.2, 0.25) is 0 Å². The summed E-state index contributed by atoms with van der Waals surface area (Å²) in [4.78, 5) is 20.8. The number of Topliss-reactive ketones (excluding diaryl/α,β-unsaturated/α-hetero) is 1. The van der Waals surface area contributed by atoms with Gasteiger partial charge in [-0.3, -0.25) is 9.59 Å². The Morgan fingerprint density at radius 2 is 2.36 bits per heavy atom. The summed E-state index contributed by atoms with van der Waals surface area (Å²) in [6, 6.07) is 0. The van der Waals surface area contributed by atoms with Gasteiger partial charge in [0.05, 0.1) is 13.2 Å². The van der Waals surface area contributed by atoms with Gasteiger partial charge in [0.25, 0.3) is 0 Å². The minimum absolute atomic E-state index is 0.00829. The lowest BCUT2D eigenvalue weighted by molar-refractivity contribution is -0.126. The van der Waals surface area contributed by atoms with E-state index in [1.165, 1.54) is 6.29 Å². The Hall–Kier alpha value is -0.740. The van der Waals surface area contributed by atoms with Crippen LogP contribution in [0.4, 0.5) is 0 Å². The van der Waals surface area contributed by atoms with E-state index in [0.717, 1.165) is 0 Å². The van der Waals surface area contributed by atoms with Crippen LogP contribution in [0.3, 0.4) is 0 Å². The molecule has 0 amide bonds. The van der Waals surface area contributed by atoms with Crippen LogP contribution in [-0.4, -0.2) is 36.5 Å². The molecule has 0 aromatic heterocycles. The van der Waals surface area contributed by atoms with Crippen LogP contribution in [0.5, 0.6) is 0 Å². The molecule has 1 atom stereocenters. The van der Waals surface area contributed by atoms with E-state index in [1.54, 1.807) is 6.92 Å². The molecule has 0 bridgehead atoms. The summed E-state index contributed by atoms with van der Waals surface area (Å²) in [6.07, 6.45) is 0.578. The fourth-order valence-corrected chi connectivity index (χ4v) is 0.549. The minimum Gasteiger partial charge on any atom is -0.394 e. The summed E-state index contributed by atoms with van der Waals surface area (Å²) in [5, 5.41) is 8.30. The molecule has 63 valence electrons. The fraction of sp³-hybridized carbons (Fsp3) is 0.714. The van der Waals surface area contributed by atoms with E-state index in [-0.39, 0.29) is 25.4 Å². The zero-order chi connectivity index (χ0) is 8.69. The van der Waals surface area contributed by atoms with Crippen molar-refractivity contribution in [2.24, 2.45) is 0 Å². The Morgan fingerprint density at radius 1 is 1.73 bits per heavy atom. The van der Waals surface area contributed by atoms with Gasteiger partial charge in [-0.25, -0.2) is 0 Å². The normalized spacial score (nSPS) is 12.5. The molecule has 0 heterocycles. The highest BCUT2D eigenvalue weighted by atomic mass is 16.5. The number of rotatable bonds is 6. The highest BCUT2D eigenvalue weighted by Gasteiger charge is 2.16. The Kier molecular flexibility index (Phi) is 5.60. The highest BCUT2D eigenvalue weighted by Crippen LogP contribution is 1.93. The molecule has 0 aliphatic rings. The maximum Gasteiger partial charge on any atom is 0.237 e. The van der Waals surface area contributed by atoms with E-state index in [2.05, 4.69) is 4.74 Å². The zero-order valence-corrected chi connectivity index (χ0v) is 6.37. The number of ether oxygens (including phenoxy) is 1. The monoisotopic (exact) mass is 159 g/mol. The lowest BCUT2D eigenvalue weighted by atomic mass is 10.2. The predicted molar refractivity (Wildman–Crippen MR) is 37.8 cm³/mol. The van der Waals surface area contributed by atoms with Gasteiger partial charge in [-0.05, 0) is 0 Å². The first-order valence-electron chi connectivity index (χ1n) is 3.39. The number of hydrogen-bond acceptors (Lipinski definition) is 4. The van der Waals surface area contributed by atoms with Crippen molar-refractivity contribution in [1.29, 1.82) is 0 Å². The molecule has 11 heavy (non-hydrogen) atoms. The van der Waals surface area contributed by atoms with Crippen molar-refractivity contribution in [3.63, 3.8) is 0 Å². The maximum atomic E-state index is 10.8. The number of carbonyl (C=O) groups excluding carboxylic acids is 2. The average molecular weight is 159 g/mol. The molecule has 0 fully saturated rings. The van der Waals surface area contributed by atoms with Crippen molar-refractivity contribution in [1.82, 2.24) is 0 Å². The fourth-order valence-electron chi connectivity index (χ4n) is 0.549. The second-order valence-electron chi connectivity index (χ2n) is 1.91. The standard InChI is InChI=1S/C7H11O4/c1-2-6(10)7(5-9)11-4-3-8/h7-8H,2-4H2,1H3. The van der Waals surface area contributed by atoms with Gasteiger partial charge in [-0.15, -0.1) is 0 Å². The van der Waals surface area contributed by atoms with Crippen LogP contribution in [0.1, 0.15) is 13.3 Å². The third kappa shape index (κ3) is 3.85. The highest BCUT2D eigenvalue weighted by molar-refractivity contribution is 5.96. The molecular formula is C7H11O4. The van der Waals surface area contributed by atoms with Crippen LogP contribution < -0.4 is 0 Å². The summed E-state index contributed by atoms with van der Waals surface area (Å²) in [5.41, 5.74) is 0. The van der Waals surface area contributed by atoms with E-state index < -0.39 is 6.10 Å². The Labute approximate surface area is 65.2 Å². The van der Waals surface area contributed by atoms with E-state index in [1.807, 2.05) is 0 Å². The second-order valence-corrected chi connectivity index (χ2v) is 1.91. The number of hydrogen-bond donors (Lipinski definition) is 1. The summed E-state index contributed by atoms with van der Waals surface area (Å²) in [6.45, 7) is 1.43. The van der Waals surface area contributed by atoms with Gasteiger partial charge in [0, 0.05) is 6.42 Å². The molecule has 0 saturated carbocycles. The summed E-state index contributed by atoms with van der Waals surface area (Å²) in [7, 11) is 0. The van der Waals surface area contributed by atoms with Crippen molar-refractivity contribution in [3.05, 3.63) is 0 Å². The van der Waals surface area contributed by atoms with Crippen LogP contribution in [0.25, 0.3) is 0 Å². The lowest BCUT2D eigenvalue weighted by Crippen LogP contribution is -2.26. The molecule has 0 rings (SSSR count). The molecule has 4 nitrogen and oxygen atoms in total. The van der Waals surface area contributed by atoms with Crippen LogP contribution in [0, 0.1) is 0 Å². The third-order valence-corrected chi connectivity index (χ3v) is 1.12. The van der Waals surface area contributed by atoms with Gasteiger partial charge in [0.2, 0.25) is 6.29 Å². The Bertz CT molecular complexity index is 132. The largest absolute Gasteiger partial charge is 0.394 e. The molecule has 0 aromatic carbocycles. The molecule has 0 aromatic rings. The molecule has 0 aliphatic heterocycles. The second kappa shape index (κ2) is 6.00. The number of aliphatic hydroxyl groups excluding tert-OH is 1. The summed E-state index contributed by atoms with van der Waals surface area (Å²) < 4.78 is 4.67. The molecule has 1 N–H and O–H groups in total. The topological polar surface area (TPSA) is 63.6 Å². The molecule has 4 heteroatoms. The molecule has 0 spiro atoms. The lowest BCUT2D eigenvalue weighted by Gasteiger charge is -2.06. The molecule has 1 radical (unpaired) electrons. The first-order chi connectivity index (χ1) is 5.26. The first-order valence-corrected chi connectivity index (χ1v) is 3.39. The quantitative estimate of drug-likeness (QED) is 0.528. The van der Waals surface area contributed by atoms with Gasteiger partial charge in [-0.2, -0.15) is 0 Å². The van der Waals surface area contributed by atoms with Gasteiger partial charge < -0.3 is 9.84 Å². The van der Waals surface area contributed by atoms with E-state index in [9.17, 15) is 9.59 Å². The van der Waals surface area contributed by atoms with Crippen LogP contribution in [0.15, 0.2) is 0 Å². The van der Waals surface area contributed by atoms with Gasteiger partial charge in [0.15, 0.2) is 11.9 Å². The SMILES string of the molecule is CCC(=O)C([C]=O)OCCO. The smallest absolute Gasteiger partial charge is 0.237 e. The van der Waals surface area contributed by atoms with E-state index in [4.69, 9.17) is 5.11 Å². The van der Waals surface area contributed by atoms with Crippen molar-refractivity contribution < 1.29 is 19.4 Å². The predicted octanol–water partition coefficient (Wildman–Crippen LogP) is -0.547. The Balaban J connectivity index is 3.74. The molecule has 0 aliphatic carbocycles. The molecule has 0 saturated heterocycles. The first kappa shape index (κ1) is 10.3. The molecule has 1 unspecified atom stereocenters. The average Bonchev–Trinajstić information content (AvgIpc) is 2.05. The molecular weight excluding hydrogens is 148 g/mol. The third-order valence-electron chi connectivity index (χ3n) is 1.12. The van der Waals surface area contributed by atoms with Crippen LogP contribution >= 0.6 is 0 Å². The van der Waals surface area contributed by atoms with Crippen molar-refractivity contribution in [3.8, 4) is 0 Å². The number of aliphatic hydroxyl groups is 1. The summed E-state index contributed by atoms with van der Waals surface area (Å²) >= 11 is 0. The zero-order valence-electron chi connectivity index (χ0n) is 6.37. The van der Waals surface area contributed by atoms with Gasteiger partial charge in [-0.1, -0.05) is 6.92 Å². The van der Waals surface area contributed by atoms with Gasteiger partial charge >= 0.3 is 0 Å². The van der Waals surface area contributed by atoms with Crippen molar-refractivity contribution in [2.45, 2.75) is 19.4 Å². The van der Waals surface area contributed by atoms with Gasteiger partial charge in [0.1, 0.15) is 0 Å². The van der Waals surface area contributed by atoms with Crippen molar-refractivity contribution >= 4 is 12.1 Å². The van der Waals surface area contributed by atoms with E-state index in [0.29, 0.717) is 0 Å². The van der Waals surface area contributed by atoms with E-state index >= 15 is 0 Å². The Morgan fingerprint density at radius 3 is 2.73 bits per heavy atom. The maximum absolute atomic E-state index is 10.8. The van der Waals surface area contributed by atoms with Crippen molar-refractivity contribution in [2.75, 3.05) is 13.2 Å².